The first-order valence-corrected chi connectivity index (χ1v) is 7.57. The molecule has 0 aromatic heterocycles. The molecular formula is C15H18N4OS. The average Bonchev–Trinajstić information content (AvgIpc) is 2.46. The summed E-state index contributed by atoms with van der Waals surface area (Å²) in [5, 5.41) is 17.2. The number of carbonyl (C=O) groups excluding carboxylic acids is 1. The molecule has 0 aliphatic carbocycles. The summed E-state index contributed by atoms with van der Waals surface area (Å²) in [5.74, 6) is 0.239. The molecule has 0 fully saturated rings. The SMILES string of the molecule is Cc1cc(N)ccc1SCC(=O)N(CCC#N)CCC#N. The Kier molecular flexibility index (Phi) is 7.14. The maximum absolute atomic E-state index is 12.2. The standard InChI is InChI=1S/C15H18N4OS/c1-12-10-13(18)4-5-14(12)21-11-15(20)19(8-2-6-16)9-3-7-17/h4-5,10H,2-3,8-9,11,18H2,1H3. The first-order chi connectivity index (χ1) is 10.1. The Morgan fingerprint density at radius 3 is 2.43 bits per heavy atom. The Bertz CT molecular complexity index is 556. The number of nitriles is 2. The maximum Gasteiger partial charge on any atom is 0.232 e. The molecule has 0 bridgehead atoms. The highest BCUT2D eigenvalue weighted by Crippen LogP contribution is 2.24. The first kappa shape index (κ1) is 16.9. The Morgan fingerprint density at radius 1 is 1.29 bits per heavy atom. The molecule has 0 unspecified atom stereocenters. The van der Waals surface area contributed by atoms with Crippen molar-refractivity contribution >= 4 is 23.4 Å². The first-order valence-electron chi connectivity index (χ1n) is 6.59. The quantitative estimate of drug-likeness (QED) is 0.616. The van der Waals surface area contributed by atoms with Crippen LogP contribution >= 0.6 is 11.8 Å². The molecule has 6 heteroatoms. The lowest BCUT2D eigenvalue weighted by Gasteiger charge is -2.20. The van der Waals surface area contributed by atoms with Gasteiger partial charge >= 0.3 is 0 Å². The monoisotopic (exact) mass is 302 g/mol. The van der Waals surface area contributed by atoms with Gasteiger partial charge in [-0.2, -0.15) is 10.5 Å². The zero-order valence-corrected chi connectivity index (χ0v) is 12.8. The number of thioether (sulfide) groups is 1. The average molecular weight is 302 g/mol. The molecule has 1 aromatic rings. The van der Waals surface area contributed by atoms with E-state index in [0.29, 0.717) is 24.5 Å². The van der Waals surface area contributed by atoms with Crippen LogP contribution in [0.3, 0.4) is 0 Å². The van der Waals surface area contributed by atoms with Crippen molar-refractivity contribution in [2.45, 2.75) is 24.7 Å². The van der Waals surface area contributed by atoms with Gasteiger partial charge in [0.05, 0.1) is 30.7 Å². The number of aryl methyl sites for hydroxylation is 1. The highest BCUT2D eigenvalue weighted by atomic mass is 32.2. The Morgan fingerprint density at radius 2 is 1.90 bits per heavy atom. The van der Waals surface area contributed by atoms with E-state index >= 15 is 0 Å². The maximum atomic E-state index is 12.2. The fraction of sp³-hybridized carbons (Fsp3) is 0.400. The van der Waals surface area contributed by atoms with Gasteiger partial charge in [0, 0.05) is 23.7 Å². The van der Waals surface area contributed by atoms with Crippen LogP contribution in [0.2, 0.25) is 0 Å². The summed E-state index contributed by atoms with van der Waals surface area (Å²) >= 11 is 1.45. The second-order valence-corrected chi connectivity index (χ2v) is 5.53. The van der Waals surface area contributed by atoms with Crippen LogP contribution in [0.4, 0.5) is 5.69 Å². The Balaban J connectivity index is 2.60. The van der Waals surface area contributed by atoms with E-state index in [4.69, 9.17) is 16.3 Å². The minimum Gasteiger partial charge on any atom is -0.399 e. The van der Waals surface area contributed by atoms with Gasteiger partial charge in [-0.25, -0.2) is 0 Å². The van der Waals surface area contributed by atoms with Gasteiger partial charge in [0.25, 0.3) is 0 Å². The summed E-state index contributed by atoms with van der Waals surface area (Å²) in [4.78, 5) is 14.8. The lowest BCUT2D eigenvalue weighted by atomic mass is 10.2. The third-order valence-corrected chi connectivity index (χ3v) is 4.05. The number of nitrogens with zero attached hydrogens (tertiary/aromatic N) is 3. The van der Waals surface area contributed by atoms with E-state index in [1.165, 1.54) is 11.8 Å². The molecule has 1 amide bonds. The van der Waals surface area contributed by atoms with Crippen LogP contribution in [0.15, 0.2) is 23.1 Å². The van der Waals surface area contributed by atoms with Crippen molar-refractivity contribution in [1.82, 2.24) is 4.90 Å². The molecule has 0 aliphatic heterocycles. The highest BCUT2D eigenvalue weighted by molar-refractivity contribution is 8.00. The lowest BCUT2D eigenvalue weighted by Crippen LogP contribution is -2.34. The van der Waals surface area contributed by atoms with Gasteiger partial charge in [-0.1, -0.05) is 0 Å². The third kappa shape index (κ3) is 5.76. The number of rotatable bonds is 7. The number of anilines is 1. The predicted molar refractivity (Wildman–Crippen MR) is 83.4 cm³/mol. The van der Waals surface area contributed by atoms with Crippen LogP contribution in [-0.2, 0) is 4.79 Å². The van der Waals surface area contributed by atoms with Crippen LogP contribution in [0.1, 0.15) is 18.4 Å². The molecule has 0 saturated heterocycles. The third-order valence-electron chi connectivity index (χ3n) is 2.89. The van der Waals surface area contributed by atoms with Crippen molar-refractivity contribution < 1.29 is 4.79 Å². The van der Waals surface area contributed by atoms with Gasteiger partial charge < -0.3 is 10.6 Å². The van der Waals surface area contributed by atoms with Crippen LogP contribution < -0.4 is 5.73 Å². The lowest BCUT2D eigenvalue weighted by molar-refractivity contribution is -0.128. The Labute approximate surface area is 129 Å². The van der Waals surface area contributed by atoms with E-state index in [1.54, 1.807) is 4.90 Å². The number of benzene rings is 1. The molecule has 1 rings (SSSR count). The predicted octanol–water partition coefficient (Wildman–Crippen LogP) is 2.33. The van der Waals surface area contributed by atoms with Crippen molar-refractivity contribution in [1.29, 1.82) is 10.5 Å². The fourth-order valence-electron chi connectivity index (χ4n) is 1.80. The summed E-state index contributed by atoms with van der Waals surface area (Å²) < 4.78 is 0. The summed E-state index contributed by atoms with van der Waals surface area (Å²) in [5.41, 5.74) is 7.43. The normalized spacial score (nSPS) is 9.67. The minimum atomic E-state index is -0.0540. The van der Waals surface area contributed by atoms with Gasteiger partial charge in [0.1, 0.15) is 0 Å². The minimum absolute atomic E-state index is 0.0540. The van der Waals surface area contributed by atoms with Crippen molar-refractivity contribution in [2.24, 2.45) is 0 Å². The van der Waals surface area contributed by atoms with E-state index in [1.807, 2.05) is 37.3 Å². The number of carbonyl (C=O) groups is 1. The fourth-order valence-corrected chi connectivity index (χ4v) is 2.71. The number of hydrogen-bond acceptors (Lipinski definition) is 5. The van der Waals surface area contributed by atoms with Gasteiger partial charge in [-0.3, -0.25) is 4.79 Å². The van der Waals surface area contributed by atoms with Crippen molar-refractivity contribution in [2.75, 3.05) is 24.6 Å². The second-order valence-electron chi connectivity index (χ2n) is 4.51. The van der Waals surface area contributed by atoms with Gasteiger partial charge in [0.2, 0.25) is 5.91 Å². The smallest absolute Gasteiger partial charge is 0.232 e. The summed E-state index contributed by atoms with van der Waals surface area (Å²) in [6.45, 7) is 2.70. The van der Waals surface area contributed by atoms with Gasteiger partial charge in [-0.05, 0) is 30.7 Å². The van der Waals surface area contributed by atoms with Crippen molar-refractivity contribution in [3.05, 3.63) is 23.8 Å². The number of nitrogens with two attached hydrogens (primary N) is 1. The van der Waals surface area contributed by atoms with Crippen LogP contribution in [0, 0.1) is 29.6 Å². The number of nitrogen functional groups attached to an aromatic ring is 1. The zero-order valence-electron chi connectivity index (χ0n) is 12.0. The van der Waals surface area contributed by atoms with E-state index in [-0.39, 0.29) is 18.7 Å². The molecule has 0 saturated carbocycles. The molecular weight excluding hydrogens is 284 g/mol. The molecule has 110 valence electrons. The number of amides is 1. The topological polar surface area (TPSA) is 93.9 Å². The Hall–Kier alpha value is -2.18. The largest absolute Gasteiger partial charge is 0.399 e. The summed E-state index contributed by atoms with van der Waals surface area (Å²) in [7, 11) is 0. The van der Waals surface area contributed by atoms with E-state index in [9.17, 15) is 4.79 Å². The molecule has 2 N–H and O–H groups in total. The molecule has 0 radical (unpaired) electrons. The molecule has 0 atom stereocenters. The molecule has 21 heavy (non-hydrogen) atoms. The van der Waals surface area contributed by atoms with Gasteiger partial charge in [0.15, 0.2) is 0 Å². The highest BCUT2D eigenvalue weighted by Gasteiger charge is 2.13. The summed E-state index contributed by atoms with van der Waals surface area (Å²) in [6, 6.07) is 9.62. The zero-order chi connectivity index (χ0) is 15.7. The van der Waals surface area contributed by atoms with Crippen LogP contribution in [-0.4, -0.2) is 29.6 Å². The molecule has 0 spiro atoms. The van der Waals surface area contributed by atoms with Crippen LogP contribution in [0.5, 0.6) is 0 Å². The van der Waals surface area contributed by atoms with E-state index in [0.717, 1.165) is 10.5 Å². The van der Waals surface area contributed by atoms with E-state index < -0.39 is 0 Å². The molecule has 0 heterocycles. The van der Waals surface area contributed by atoms with Crippen molar-refractivity contribution in [3.8, 4) is 12.1 Å². The molecule has 0 aliphatic rings. The van der Waals surface area contributed by atoms with E-state index in [2.05, 4.69) is 0 Å². The second kappa shape index (κ2) is 8.89. The summed E-state index contributed by atoms with van der Waals surface area (Å²) in [6.07, 6.45) is 0.561. The van der Waals surface area contributed by atoms with Crippen molar-refractivity contribution in [3.63, 3.8) is 0 Å². The number of hydrogen-bond donors (Lipinski definition) is 1. The molecule has 1 aromatic carbocycles. The molecule has 5 nitrogen and oxygen atoms in total. The van der Waals surface area contributed by atoms with Gasteiger partial charge in [-0.15, -0.1) is 11.8 Å². The van der Waals surface area contributed by atoms with Crippen LogP contribution in [0.25, 0.3) is 0 Å².